The van der Waals surface area contributed by atoms with Crippen molar-refractivity contribution in [3.8, 4) is 11.6 Å². The molecule has 0 aliphatic rings. The molecule has 166 valence electrons. The van der Waals surface area contributed by atoms with E-state index in [0.29, 0.717) is 16.9 Å². The van der Waals surface area contributed by atoms with Gasteiger partial charge in [-0.15, -0.1) is 0 Å². The Labute approximate surface area is 200 Å². The van der Waals surface area contributed by atoms with E-state index in [4.69, 9.17) is 0 Å². The lowest BCUT2D eigenvalue weighted by atomic mass is 10.1. The van der Waals surface area contributed by atoms with Crippen LogP contribution in [0.2, 0.25) is 0 Å². The fourth-order valence-corrected chi connectivity index (χ4v) is 3.97. The molecule has 0 saturated carbocycles. The van der Waals surface area contributed by atoms with Crippen LogP contribution in [0.5, 0.6) is 5.88 Å². The van der Waals surface area contributed by atoms with E-state index in [-0.39, 0.29) is 5.56 Å². The van der Waals surface area contributed by atoms with E-state index in [1.165, 1.54) is 0 Å². The van der Waals surface area contributed by atoms with Crippen molar-refractivity contribution in [3.63, 3.8) is 0 Å². The number of carbonyl (C=O) groups excluding carboxylic acids is 1. The smallest absolute Gasteiger partial charge is 0.345 e. The zero-order chi connectivity index (χ0) is 23.7. The van der Waals surface area contributed by atoms with Crippen molar-refractivity contribution in [1.29, 1.82) is 0 Å². The molecule has 1 heterocycles. The highest BCUT2D eigenvalue weighted by atomic mass is 79.9. The number of benzene rings is 2. The van der Waals surface area contributed by atoms with Crippen LogP contribution >= 0.6 is 31.9 Å². The lowest BCUT2D eigenvalue weighted by Crippen LogP contribution is -2.31. The summed E-state index contributed by atoms with van der Waals surface area (Å²) in [5, 5.41) is 13.3. The van der Waals surface area contributed by atoms with Gasteiger partial charge in [0.05, 0.1) is 11.9 Å². The Hall–Kier alpha value is -2.98. The molecule has 0 aliphatic heterocycles. The Morgan fingerprint density at radius 2 is 1.75 bits per heavy atom. The molecule has 0 unspecified atom stereocenters. The van der Waals surface area contributed by atoms with Gasteiger partial charge in [-0.1, -0.05) is 31.9 Å². The molecule has 2 aromatic carbocycles. The molecule has 0 aliphatic carbocycles. The van der Waals surface area contributed by atoms with Gasteiger partial charge in [0, 0.05) is 14.6 Å². The number of halogens is 2. The lowest BCUT2D eigenvalue weighted by molar-refractivity contribution is 0.259. The van der Waals surface area contributed by atoms with Crippen LogP contribution in [0.3, 0.4) is 0 Å². The molecule has 0 radical (unpaired) electrons. The standard InChI is InChI=1S/C22H20Br2N4O4/c1-10-8-18(11(2)7-16(10)24)28-20(30)14(19(29)27-22(28)32)9-25-21(31)26-17-6-5-15(23)12(3)13(17)4/h5-9,30H,1-4H3,(H,26,31)(H,27,29,32). The predicted molar refractivity (Wildman–Crippen MR) is 132 cm³/mol. The fourth-order valence-electron chi connectivity index (χ4n) is 3.08. The number of H-pyrrole nitrogens is 1. The summed E-state index contributed by atoms with van der Waals surface area (Å²) in [4.78, 5) is 43.0. The number of aryl methyl sites for hydroxylation is 2. The number of hydrogen-bond donors (Lipinski definition) is 3. The van der Waals surface area contributed by atoms with Crippen molar-refractivity contribution in [2.24, 2.45) is 4.99 Å². The molecule has 2 amide bonds. The van der Waals surface area contributed by atoms with Crippen molar-refractivity contribution < 1.29 is 9.90 Å². The first-order chi connectivity index (χ1) is 15.0. The highest BCUT2D eigenvalue weighted by molar-refractivity contribution is 9.10. The molecular formula is C22H20Br2N4O4. The molecule has 3 aromatic rings. The lowest BCUT2D eigenvalue weighted by Gasteiger charge is -2.14. The Bertz CT molecular complexity index is 1390. The average molecular weight is 564 g/mol. The van der Waals surface area contributed by atoms with Gasteiger partial charge in [0.2, 0.25) is 5.88 Å². The molecule has 0 spiro atoms. The second-order valence-corrected chi connectivity index (χ2v) is 8.96. The maximum atomic E-state index is 12.4. The van der Waals surface area contributed by atoms with Gasteiger partial charge in [-0.2, -0.15) is 0 Å². The van der Waals surface area contributed by atoms with Gasteiger partial charge in [-0.05, 0) is 74.2 Å². The van der Waals surface area contributed by atoms with Gasteiger partial charge < -0.3 is 10.4 Å². The minimum absolute atomic E-state index is 0.316. The number of aromatic hydroxyl groups is 1. The van der Waals surface area contributed by atoms with Crippen LogP contribution in [0.15, 0.2) is 47.8 Å². The van der Waals surface area contributed by atoms with Crippen molar-refractivity contribution in [2.75, 3.05) is 5.32 Å². The molecule has 10 heteroatoms. The van der Waals surface area contributed by atoms with Gasteiger partial charge in [-0.3, -0.25) is 9.78 Å². The van der Waals surface area contributed by atoms with Crippen LogP contribution in [0.4, 0.5) is 10.5 Å². The van der Waals surface area contributed by atoms with Crippen molar-refractivity contribution in [3.05, 3.63) is 81.9 Å². The average Bonchev–Trinajstić information content (AvgIpc) is 2.71. The molecule has 3 N–H and O–H groups in total. The predicted octanol–water partition coefficient (Wildman–Crippen LogP) is 4.64. The quantitative estimate of drug-likeness (QED) is 0.402. The summed E-state index contributed by atoms with van der Waals surface area (Å²) in [7, 11) is 0. The zero-order valence-corrected chi connectivity index (χ0v) is 20.9. The molecule has 8 nitrogen and oxygen atoms in total. The fraction of sp³-hybridized carbons (Fsp3) is 0.182. The van der Waals surface area contributed by atoms with E-state index < -0.39 is 23.2 Å². The first kappa shape index (κ1) is 23.7. The molecule has 0 saturated heterocycles. The monoisotopic (exact) mass is 562 g/mol. The third-order valence-electron chi connectivity index (χ3n) is 5.11. The van der Waals surface area contributed by atoms with Crippen molar-refractivity contribution in [1.82, 2.24) is 9.55 Å². The zero-order valence-electron chi connectivity index (χ0n) is 17.7. The van der Waals surface area contributed by atoms with Gasteiger partial charge in [0.25, 0.3) is 5.56 Å². The minimum atomic E-state index is -0.859. The molecular weight excluding hydrogens is 544 g/mol. The van der Waals surface area contributed by atoms with Crippen LogP contribution in [0, 0.1) is 27.7 Å². The molecule has 1 aromatic heterocycles. The third-order valence-corrected chi connectivity index (χ3v) is 6.83. The Kier molecular flexibility index (Phi) is 6.85. The van der Waals surface area contributed by atoms with Gasteiger partial charge in [-0.25, -0.2) is 19.1 Å². The van der Waals surface area contributed by atoms with Crippen molar-refractivity contribution >= 4 is 49.8 Å². The number of nitrogens with one attached hydrogen (secondary N) is 2. The molecule has 32 heavy (non-hydrogen) atoms. The van der Waals surface area contributed by atoms with E-state index in [0.717, 1.165) is 36.4 Å². The number of urea groups is 1. The maximum absolute atomic E-state index is 12.4. The number of nitrogens with zero attached hydrogens (tertiary/aromatic N) is 2. The van der Waals surface area contributed by atoms with Crippen molar-refractivity contribution in [2.45, 2.75) is 27.7 Å². The van der Waals surface area contributed by atoms with Gasteiger partial charge in [0.1, 0.15) is 5.56 Å². The van der Waals surface area contributed by atoms with Gasteiger partial charge >= 0.3 is 11.7 Å². The Morgan fingerprint density at radius 1 is 1.06 bits per heavy atom. The number of aliphatic imine (C=N–C) groups is 1. The second kappa shape index (κ2) is 9.25. The highest BCUT2D eigenvalue weighted by Gasteiger charge is 2.17. The highest BCUT2D eigenvalue weighted by Crippen LogP contribution is 2.27. The number of aromatic nitrogens is 2. The number of amides is 2. The summed E-state index contributed by atoms with van der Waals surface area (Å²) in [5.74, 6) is -0.615. The number of carbonyl (C=O) groups is 1. The number of anilines is 1. The summed E-state index contributed by atoms with van der Waals surface area (Å²) >= 11 is 6.85. The number of aromatic amines is 1. The van der Waals surface area contributed by atoms with Crippen LogP contribution in [0.1, 0.15) is 27.8 Å². The first-order valence-corrected chi connectivity index (χ1v) is 11.1. The van der Waals surface area contributed by atoms with E-state index in [1.54, 1.807) is 31.2 Å². The second-order valence-electron chi connectivity index (χ2n) is 7.25. The summed E-state index contributed by atoms with van der Waals surface area (Å²) in [5.41, 5.74) is 2.32. The van der Waals surface area contributed by atoms with Gasteiger partial charge in [0.15, 0.2) is 0 Å². The van der Waals surface area contributed by atoms with E-state index in [9.17, 15) is 19.5 Å². The Balaban J connectivity index is 2.00. The Morgan fingerprint density at radius 3 is 2.44 bits per heavy atom. The molecule has 3 rings (SSSR count). The molecule has 0 bridgehead atoms. The summed E-state index contributed by atoms with van der Waals surface area (Å²) in [6.45, 7) is 7.36. The van der Waals surface area contributed by atoms with E-state index in [1.807, 2.05) is 20.8 Å². The normalized spacial score (nSPS) is 11.2. The van der Waals surface area contributed by atoms with E-state index in [2.05, 4.69) is 47.2 Å². The van der Waals surface area contributed by atoms with Crippen LogP contribution in [-0.2, 0) is 0 Å². The minimum Gasteiger partial charge on any atom is -0.493 e. The number of rotatable bonds is 3. The SMILES string of the molecule is Cc1cc(-n2c(O)c(C=NC(=O)Nc3ccc(Br)c(C)c3C)c(=O)[nH]c2=O)c(C)cc1Br. The summed E-state index contributed by atoms with van der Waals surface area (Å²) < 4.78 is 2.72. The number of hydrogen-bond acceptors (Lipinski definition) is 4. The molecule has 0 atom stereocenters. The molecule has 0 fully saturated rings. The van der Waals surface area contributed by atoms with Crippen LogP contribution < -0.4 is 16.6 Å². The maximum Gasteiger partial charge on any atom is 0.345 e. The first-order valence-electron chi connectivity index (χ1n) is 9.47. The largest absolute Gasteiger partial charge is 0.493 e. The summed E-state index contributed by atoms with van der Waals surface area (Å²) in [6.07, 6.45) is 0.932. The topological polar surface area (TPSA) is 117 Å². The summed E-state index contributed by atoms with van der Waals surface area (Å²) in [6, 6.07) is 6.29. The van der Waals surface area contributed by atoms with Crippen LogP contribution in [-0.4, -0.2) is 26.9 Å². The van der Waals surface area contributed by atoms with E-state index >= 15 is 0 Å². The van der Waals surface area contributed by atoms with Crippen LogP contribution in [0.25, 0.3) is 5.69 Å². The third kappa shape index (κ3) is 4.61.